The van der Waals surface area contributed by atoms with Gasteiger partial charge < -0.3 is 10.1 Å². The van der Waals surface area contributed by atoms with E-state index < -0.39 is 0 Å². The van der Waals surface area contributed by atoms with Crippen LogP contribution in [0.5, 0.6) is 11.6 Å². The summed E-state index contributed by atoms with van der Waals surface area (Å²) in [4.78, 5) is 3.97. The summed E-state index contributed by atoms with van der Waals surface area (Å²) in [5.41, 5.74) is 0.905. The fourth-order valence-electron chi connectivity index (χ4n) is 1.42. The fourth-order valence-corrected chi connectivity index (χ4v) is 1.42. The number of hydrogen-bond acceptors (Lipinski definition) is 5. The van der Waals surface area contributed by atoms with Crippen molar-refractivity contribution in [2.75, 3.05) is 6.54 Å². The molecular weight excluding hydrogens is 228 g/mol. The number of nitrogens with zero attached hydrogens (tertiary/aromatic N) is 3. The van der Waals surface area contributed by atoms with Gasteiger partial charge in [0.2, 0.25) is 5.88 Å². The molecule has 94 valence electrons. The van der Waals surface area contributed by atoms with E-state index in [1.807, 2.05) is 24.3 Å². The highest BCUT2D eigenvalue weighted by atomic mass is 16.5. The van der Waals surface area contributed by atoms with Gasteiger partial charge in [-0.2, -0.15) is 5.10 Å². The first-order valence-corrected chi connectivity index (χ1v) is 5.99. The van der Waals surface area contributed by atoms with E-state index in [4.69, 9.17) is 4.74 Å². The maximum Gasteiger partial charge on any atom is 0.238 e. The third-order valence-corrected chi connectivity index (χ3v) is 2.29. The van der Waals surface area contributed by atoms with Crippen molar-refractivity contribution >= 4 is 0 Å². The van der Waals surface area contributed by atoms with Crippen molar-refractivity contribution in [1.82, 2.24) is 20.5 Å². The predicted octanol–water partition coefficient (Wildman–Crippen LogP) is 2.16. The van der Waals surface area contributed by atoms with Crippen LogP contribution in [0, 0.1) is 0 Å². The molecule has 18 heavy (non-hydrogen) atoms. The van der Waals surface area contributed by atoms with E-state index in [9.17, 15) is 0 Å². The van der Waals surface area contributed by atoms with Gasteiger partial charge in [0, 0.05) is 18.8 Å². The fraction of sp³-hybridized carbons (Fsp3) is 0.308. The van der Waals surface area contributed by atoms with Crippen LogP contribution in [0.2, 0.25) is 0 Å². The van der Waals surface area contributed by atoms with Crippen LogP contribution < -0.4 is 10.1 Å². The quantitative estimate of drug-likeness (QED) is 0.789. The Morgan fingerprint density at radius 3 is 2.83 bits per heavy atom. The van der Waals surface area contributed by atoms with Gasteiger partial charge >= 0.3 is 0 Å². The van der Waals surface area contributed by atoms with Crippen molar-refractivity contribution in [3.05, 3.63) is 42.4 Å². The van der Waals surface area contributed by atoms with Gasteiger partial charge in [0.1, 0.15) is 5.75 Å². The second kappa shape index (κ2) is 6.66. The van der Waals surface area contributed by atoms with Gasteiger partial charge in [0.15, 0.2) is 0 Å². The minimum Gasteiger partial charge on any atom is -0.436 e. The molecule has 2 aromatic heterocycles. The van der Waals surface area contributed by atoms with Gasteiger partial charge in [-0.15, -0.1) is 5.10 Å². The van der Waals surface area contributed by atoms with Crippen molar-refractivity contribution in [3.63, 3.8) is 0 Å². The molecule has 1 N–H and O–H groups in total. The van der Waals surface area contributed by atoms with Crippen LogP contribution in [0.15, 0.2) is 36.7 Å². The number of ether oxygens (including phenoxy) is 1. The van der Waals surface area contributed by atoms with E-state index in [1.54, 1.807) is 12.4 Å². The molecule has 0 radical (unpaired) electrons. The van der Waals surface area contributed by atoms with Crippen LogP contribution in [0.4, 0.5) is 0 Å². The van der Waals surface area contributed by atoms with E-state index in [2.05, 4.69) is 27.4 Å². The average Bonchev–Trinajstić information content (AvgIpc) is 2.42. The first-order valence-electron chi connectivity index (χ1n) is 5.99. The Kier molecular flexibility index (Phi) is 4.60. The Labute approximate surface area is 106 Å². The minimum atomic E-state index is 0.474. The lowest BCUT2D eigenvalue weighted by molar-refractivity contribution is 0.451. The molecule has 0 aromatic carbocycles. The molecule has 0 saturated heterocycles. The third-order valence-electron chi connectivity index (χ3n) is 2.29. The molecule has 0 aliphatic rings. The maximum atomic E-state index is 5.50. The highest BCUT2D eigenvalue weighted by Gasteiger charge is 2.00. The predicted molar refractivity (Wildman–Crippen MR) is 68.3 cm³/mol. The molecule has 0 fully saturated rings. The maximum absolute atomic E-state index is 5.50. The lowest BCUT2D eigenvalue weighted by atomic mass is 10.3. The number of pyridine rings is 1. The summed E-state index contributed by atoms with van der Waals surface area (Å²) in [5.74, 6) is 1.13. The van der Waals surface area contributed by atoms with Gasteiger partial charge in [-0.05, 0) is 31.2 Å². The first kappa shape index (κ1) is 12.4. The molecule has 5 nitrogen and oxygen atoms in total. The van der Waals surface area contributed by atoms with Gasteiger partial charge in [0.25, 0.3) is 0 Å². The van der Waals surface area contributed by atoms with Crippen LogP contribution in [0.3, 0.4) is 0 Å². The molecule has 0 atom stereocenters. The SMILES string of the molecule is CCCNCc1ccc(Oc2cccnc2)nn1. The van der Waals surface area contributed by atoms with Crippen molar-refractivity contribution in [3.8, 4) is 11.6 Å². The molecule has 0 aliphatic heterocycles. The van der Waals surface area contributed by atoms with Crippen molar-refractivity contribution in [1.29, 1.82) is 0 Å². The summed E-state index contributed by atoms with van der Waals surface area (Å²) in [6.07, 6.45) is 4.44. The summed E-state index contributed by atoms with van der Waals surface area (Å²) in [5, 5.41) is 11.4. The molecular formula is C13H16N4O. The van der Waals surface area contributed by atoms with Crippen molar-refractivity contribution in [2.24, 2.45) is 0 Å². The van der Waals surface area contributed by atoms with Crippen LogP contribution in [0.1, 0.15) is 19.0 Å². The van der Waals surface area contributed by atoms with Crippen molar-refractivity contribution < 1.29 is 4.74 Å². The van der Waals surface area contributed by atoms with Gasteiger partial charge in [0.05, 0.1) is 11.9 Å². The number of aromatic nitrogens is 3. The number of nitrogens with one attached hydrogen (secondary N) is 1. The average molecular weight is 244 g/mol. The van der Waals surface area contributed by atoms with E-state index in [0.29, 0.717) is 11.6 Å². The third kappa shape index (κ3) is 3.78. The van der Waals surface area contributed by atoms with Gasteiger partial charge in [-0.3, -0.25) is 4.98 Å². The molecule has 2 aromatic rings. The van der Waals surface area contributed by atoms with Crippen LogP contribution in [-0.2, 0) is 6.54 Å². The minimum absolute atomic E-state index is 0.474. The topological polar surface area (TPSA) is 59.9 Å². The molecule has 0 amide bonds. The largest absolute Gasteiger partial charge is 0.436 e. The molecule has 0 saturated carbocycles. The van der Waals surface area contributed by atoms with E-state index in [1.165, 1.54) is 0 Å². The first-order chi connectivity index (χ1) is 8.88. The highest BCUT2D eigenvalue weighted by molar-refractivity contribution is 5.22. The van der Waals surface area contributed by atoms with E-state index >= 15 is 0 Å². The highest BCUT2D eigenvalue weighted by Crippen LogP contribution is 2.16. The lowest BCUT2D eigenvalue weighted by Crippen LogP contribution is -2.15. The Morgan fingerprint density at radius 1 is 1.22 bits per heavy atom. The van der Waals surface area contributed by atoms with Crippen LogP contribution in [0.25, 0.3) is 0 Å². The van der Waals surface area contributed by atoms with Gasteiger partial charge in [-0.25, -0.2) is 0 Å². The second-order valence-corrected chi connectivity index (χ2v) is 3.83. The van der Waals surface area contributed by atoms with E-state index in [0.717, 1.165) is 25.2 Å². The standard InChI is InChI=1S/C13H16N4O/c1-2-7-14-9-11-5-6-13(17-16-11)18-12-4-3-8-15-10-12/h3-6,8,10,14H,2,7,9H2,1H3. The Morgan fingerprint density at radius 2 is 2.17 bits per heavy atom. The Bertz CT molecular complexity index is 458. The Hall–Kier alpha value is -2.01. The monoisotopic (exact) mass is 244 g/mol. The smallest absolute Gasteiger partial charge is 0.238 e. The molecule has 2 rings (SSSR count). The zero-order valence-corrected chi connectivity index (χ0v) is 10.3. The number of hydrogen-bond donors (Lipinski definition) is 1. The normalized spacial score (nSPS) is 10.3. The molecule has 0 unspecified atom stereocenters. The second-order valence-electron chi connectivity index (χ2n) is 3.83. The zero-order valence-electron chi connectivity index (χ0n) is 10.3. The molecule has 2 heterocycles. The lowest BCUT2D eigenvalue weighted by Gasteiger charge is -2.04. The zero-order chi connectivity index (χ0) is 12.6. The van der Waals surface area contributed by atoms with Crippen LogP contribution >= 0.6 is 0 Å². The summed E-state index contributed by atoms with van der Waals surface area (Å²) in [7, 11) is 0. The molecule has 0 spiro atoms. The van der Waals surface area contributed by atoms with Crippen LogP contribution in [-0.4, -0.2) is 21.7 Å². The number of rotatable bonds is 6. The van der Waals surface area contributed by atoms with E-state index in [-0.39, 0.29) is 0 Å². The summed E-state index contributed by atoms with van der Waals surface area (Å²) >= 11 is 0. The summed E-state index contributed by atoms with van der Waals surface area (Å²) < 4.78 is 5.50. The Balaban J connectivity index is 1.91. The summed E-state index contributed by atoms with van der Waals surface area (Å²) in [6, 6.07) is 7.35. The summed E-state index contributed by atoms with van der Waals surface area (Å²) in [6.45, 7) is 3.84. The molecule has 0 aliphatic carbocycles. The molecule has 0 bridgehead atoms. The van der Waals surface area contributed by atoms with Gasteiger partial charge in [-0.1, -0.05) is 6.92 Å². The molecule has 5 heteroatoms. The van der Waals surface area contributed by atoms with Crippen molar-refractivity contribution in [2.45, 2.75) is 19.9 Å².